The lowest BCUT2D eigenvalue weighted by Crippen LogP contribution is -2.59. The molecule has 0 radical (unpaired) electrons. The lowest BCUT2D eigenvalue weighted by Gasteiger charge is -2.38. The molecule has 3 amide bonds. The molecule has 1 spiro atoms. The molecule has 9 atom stereocenters. The number of para-hydroxylation sites is 2. The highest BCUT2D eigenvalue weighted by atomic mass is 35.5. The molecule has 3 fully saturated rings. The van der Waals surface area contributed by atoms with E-state index in [1.807, 2.05) is 49.4 Å². The first-order valence-electron chi connectivity index (χ1n) is 15.6. The Balaban J connectivity index is 1.19. The maximum Gasteiger partial charge on any atom is 0.246 e. The number of benzene rings is 2. The van der Waals surface area contributed by atoms with Crippen LogP contribution in [0.25, 0.3) is 0 Å². The third-order valence-corrected chi connectivity index (χ3v) is 10.8. The number of hydrogen-bond acceptors (Lipinski definition) is 6. The summed E-state index contributed by atoms with van der Waals surface area (Å²) in [7, 11) is 0. The number of nitrogens with one attached hydrogen (secondary N) is 2. The molecule has 10 heteroatoms. The van der Waals surface area contributed by atoms with Gasteiger partial charge in [0.15, 0.2) is 17.6 Å². The van der Waals surface area contributed by atoms with Crippen LogP contribution in [0.4, 0.5) is 5.69 Å². The molecular formula is C34H38ClN3O6. The molecule has 5 unspecified atom stereocenters. The van der Waals surface area contributed by atoms with Crippen LogP contribution < -0.4 is 20.1 Å². The van der Waals surface area contributed by atoms with E-state index in [-0.39, 0.29) is 36.9 Å². The summed E-state index contributed by atoms with van der Waals surface area (Å²) in [5.41, 5.74) is 0.161. The lowest BCUT2D eigenvalue weighted by atomic mass is 9.73. The van der Waals surface area contributed by atoms with Crippen molar-refractivity contribution in [3.8, 4) is 11.5 Å². The van der Waals surface area contributed by atoms with Crippen molar-refractivity contribution in [1.82, 2.24) is 10.2 Å². The van der Waals surface area contributed by atoms with Crippen molar-refractivity contribution < 1.29 is 28.6 Å². The fourth-order valence-electron chi connectivity index (χ4n) is 7.78. The van der Waals surface area contributed by atoms with Gasteiger partial charge in [-0.05, 0) is 55.0 Å². The fourth-order valence-corrected chi connectivity index (χ4v) is 7.96. The molecule has 232 valence electrons. The molecule has 2 aromatic rings. The first kappa shape index (κ1) is 29.2. The van der Waals surface area contributed by atoms with Crippen LogP contribution in [0.2, 0.25) is 5.02 Å². The van der Waals surface area contributed by atoms with Gasteiger partial charge in [-0.15, -0.1) is 0 Å². The largest absolute Gasteiger partial charge is 0.486 e. The standard InChI is InChI=1S/C34H38ClN3O6/c1-18-7-6-8-24(20(18)3)37-32(40)30-34-14-13-27(44-34)28(31(39)36-21-12-11-19(2)23(35)15-21)29(34)33(41)38(30)16-22-17-42-25-9-4-5-10-26(25)43-22/h4-5,9-15,18,20,22,24,27-30H,6-8,16-17H2,1-3H3,(H,36,39)(H,37,40)/t18?,20?,22?,24?,27-,28-,29+,30?,34+/m0/s1. The number of carbonyl (C=O) groups is 3. The lowest BCUT2D eigenvalue weighted by molar-refractivity contribution is -0.143. The van der Waals surface area contributed by atoms with Crippen LogP contribution >= 0.6 is 11.6 Å². The van der Waals surface area contributed by atoms with Gasteiger partial charge in [-0.2, -0.15) is 0 Å². The first-order chi connectivity index (χ1) is 21.2. The van der Waals surface area contributed by atoms with Crippen LogP contribution in [-0.2, 0) is 19.1 Å². The molecule has 2 bridgehead atoms. The van der Waals surface area contributed by atoms with Crippen LogP contribution in [0.15, 0.2) is 54.6 Å². The molecule has 1 saturated carbocycles. The number of fused-ring (bicyclic) bond motifs is 2. The maximum absolute atomic E-state index is 14.4. The predicted octanol–water partition coefficient (Wildman–Crippen LogP) is 4.52. The van der Waals surface area contributed by atoms with Gasteiger partial charge in [0, 0.05) is 16.8 Å². The normalized spacial score (nSPS) is 35.0. The second-order valence-electron chi connectivity index (χ2n) is 13.0. The maximum atomic E-state index is 14.4. The van der Waals surface area contributed by atoms with E-state index in [0.717, 1.165) is 24.8 Å². The molecule has 44 heavy (non-hydrogen) atoms. The zero-order valence-electron chi connectivity index (χ0n) is 25.1. The summed E-state index contributed by atoms with van der Waals surface area (Å²) in [6.45, 7) is 6.62. The van der Waals surface area contributed by atoms with E-state index < -0.39 is 35.7 Å². The van der Waals surface area contributed by atoms with E-state index in [9.17, 15) is 14.4 Å². The summed E-state index contributed by atoms with van der Waals surface area (Å²) in [6.07, 6.45) is 5.57. The molecule has 0 aromatic heterocycles. The molecule has 2 N–H and O–H groups in total. The Hall–Kier alpha value is -3.56. The van der Waals surface area contributed by atoms with E-state index in [4.69, 9.17) is 25.8 Å². The summed E-state index contributed by atoms with van der Waals surface area (Å²) in [4.78, 5) is 44.1. The van der Waals surface area contributed by atoms with Gasteiger partial charge in [0.1, 0.15) is 18.2 Å². The van der Waals surface area contributed by atoms with E-state index >= 15 is 0 Å². The molecule has 2 aromatic carbocycles. The van der Waals surface area contributed by atoms with Gasteiger partial charge in [-0.25, -0.2) is 0 Å². The number of anilines is 1. The number of carbonyl (C=O) groups excluding carboxylic acids is 3. The van der Waals surface area contributed by atoms with Crippen molar-refractivity contribution >= 4 is 35.0 Å². The molecule has 9 nitrogen and oxygen atoms in total. The number of aryl methyl sites for hydroxylation is 1. The van der Waals surface area contributed by atoms with Gasteiger partial charge in [-0.3, -0.25) is 14.4 Å². The Morgan fingerprint density at radius 2 is 1.89 bits per heavy atom. The van der Waals surface area contributed by atoms with E-state index in [1.54, 1.807) is 17.0 Å². The molecule has 5 aliphatic rings. The van der Waals surface area contributed by atoms with Crippen molar-refractivity contribution in [3.63, 3.8) is 0 Å². The Labute approximate surface area is 262 Å². The van der Waals surface area contributed by atoms with Crippen LogP contribution in [-0.4, -0.2) is 65.7 Å². The number of hydrogen-bond donors (Lipinski definition) is 2. The van der Waals surface area contributed by atoms with Gasteiger partial charge in [-0.1, -0.05) is 68.6 Å². The van der Waals surface area contributed by atoms with Crippen LogP contribution in [0.1, 0.15) is 38.7 Å². The highest BCUT2D eigenvalue weighted by molar-refractivity contribution is 6.31. The number of halogens is 1. The van der Waals surface area contributed by atoms with E-state index in [0.29, 0.717) is 34.0 Å². The summed E-state index contributed by atoms with van der Waals surface area (Å²) >= 11 is 6.31. The second kappa shape index (κ2) is 11.1. The summed E-state index contributed by atoms with van der Waals surface area (Å²) in [5.74, 6) is -0.580. The van der Waals surface area contributed by atoms with Gasteiger partial charge < -0.3 is 29.7 Å². The van der Waals surface area contributed by atoms with Crippen molar-refractivity contribution in [3.05, 3.63) is 65.2 Å². The summed E-state index contributed by atoms with van der Waals surface area (Å²) in [6, 6.07) is 11.7. The number of rotatable bonds is 6. The predicted molar refractivity (Wildman–Crippen MR) is 165 cm³/mol. The minimum atomic E-state index is -1.27. The SMILES string of the molecule is Cc1ccc(NC(=O)[C@H]2[C@@H]3C=C[C@]4(O3)C(C(=O)NC3CCCC(C)C3C)N(CC3COc5ccccc5O3)C(=O)[C@@H]24)cc1Cl. The third-order valence-electron chi connectivity index (χ3n) is 10.4. The van der Waals surface area contributed by atoms with Crippen LogP contribution in [0, 0.1) is 30.6 Å². The molecular weight excluding hydrogens is 582 g/mol. The fraction of sp³-hybridized carbons (Fsp3) is 0.500. The second-order valence-corrected chi connectivity index (χ2v) is 13.4. The minimum absolute atomic E-state index is 0.00671. The van der Waals surface area contributed by atoms with E-state index in [2.05, 4.69) is 24.5 Å². The molecule has 7 rings (SSSR count). The number of amides is 3. The third kappa shape index (κ3) is 4.76. The Kier molecular flexibility index (Phi) is 7.36. The van der Waals surface area contributed by atoms with Gasteiger partial charge in [0.2, 0.25) is 17.7 Å². The molecule has 2 saturated heterocycles. The molecule has 4 aliphatic heterocycles. The summed E-state index contributed by atoms with van der Waals surface area (Å²) < 4.78 is 18.7. The average Bonchev–Trinajstić information content (AvgIpc) is 3.65. The highest BCUT2D eigenvalue weighted by Gasteiger charge is 2.73. The average molecular weight is 620 g/mol. The number of ether oxygens (including phenoxy) is 3. The van der Waals surface area contributed by atoms with Gasteiger partial charge >= 0.3 is 0 Å². The smallest absolute Gasteiger partial charge is 0.246 e. The highest BCUT2D eigenvalue weighted by Crippen LogP contribution is 2.55. The quantitative estimate of drug-likeness (QED) is 0.461. The Morgan fingerprint density at radius 3 is 2.68 bits per heavy atom. The number of likely N-dealkylation sites (tertiary alicyclic amines) is 1. The van der Waals surface area contributed by atoms with E-state index in [1.165, 1.54) is 0 Å². The van der Waals surface area contributed by atoms with Crippen molar-refractivity contribution in [2.45, 2.75) is 69.9 Å². The Bertz CT molecular complexity index is 1530. The van der Waals surface area contributed by atoms with Crippen molar-refractivity contribution in [1.29, 1.82) is 0 Å². The summed E-state index contributed by atoms with van der Waals surface area (Å²) in [5, 5.41) is 6.77. The first-order valence-corrected chi connectivity index (χ1v) is 16.0. The van der Waals surface area contributed by atoms with Crippen molar-refractivity contribution in [2.75, 3.05) is 18.5 Å². The van der Waals surface area contributed by atoms with Gasteiger partial charge in [0.25, 0.3) is 0 Å². The molecule has 1 aliphatic carbocycles. The number of nitrogens with zero attached hydrogens (tertiary/aromatic N) is 1. The zero-order valence-corrected chi connectivity index (χ0v) is 25.9. The molecule has 4 heterocycles. The zero-order chi connectivity index (χ0) is 30.7. The Morgan fingerprint density at radius 1 is 1.09 bits per heavy atom. The topological polar surface area (TPSA) is 106 Å². The minimum Gasteiger partial charge on any atom is -0.486 e. The van der Waals surface area contributed by atoms with Crippen molar-refractivity contribution in [2.24, 2.45) is 23.7 Å². The van der Waals surface area contributed by atoms with Gasteiger partial charge in [0.05, 0.1) is 24.5 Å². The van der Waals surface area contributed by atoms with Crippen LogP contribution in [0.3, 0.4) is 0 Å². The van der Waals surface area contributed by atoms with Crippen LogP contribution in [0.5, 0.6) is 11.5 Å². The monoisotopic (exact) mass is 619 g/mol.